The number of aryl methyl sites for hydroxylation is 2. The molecule has 0 fully saturated rings. The molecule has 0 aliphatic heterocycles. The maximum absolute atomic E-state index is 4.54. The quantitative estimate of drug-likeness (QED) is 0.878. The predicted molar refractivity (Wildman–Crippen MR) is 89.2 cm³/mol. The highest BCUT2D eigenvalue weighted by atomic mass is 15.2. The van der Waals surface area contributed by atoms with Gasteiger partial charge in [0.2, 0.25) is 5.95 Å². The highest BCUT2D eigenvalue weighted by Crippen LogP contribution is 2.24. The Labute approximate surface area is 127 Å². The molecule has 4 heteroatoms. The Morgan fingerprint density at radius 2 is 1.90 bits per heavy atom. The topological polar surface area (TPSA) is 49.8 Å². The van der Waals surface area contributed by atoms with Gasteiger partial charge in [-0.1, -0.05) is 25.1 Å². The van der Waals surface area contributed by atoms with Gasteiger partial charge >= 0.3 is 0 Å². The summed E-state index contributed by atoms with van der Waals surface area (Å²) in [6, 6.07) is 8.19. The van der Waals surface area contributed by atoms with Crippen LogP contribution in [0.25, 0.3) is 0 Å². The number of benzene rings is 1. The number of nitrogens with zero attached hydrogens (tertiary/aromatic N) is 2. The van der Waals surface area contributed by atoms with E-state index in [2.05, 4.69) is 73.4 Å². The van der Waals surface area contributed by atoms with Crippen LogP contribution in [0.15, 0.2) is 30.5 Å². The van der Waals surface area contributed by atoms with Gasteiger partial charge in [0, 0.05) is 17.4 Å². The Balaban J connectivity index is 2.26. The molecule has 112 valence electrons. The van der Waals surface area contributed by atoms with Gasteiger partial charge in [-0.05, 0) is 51.3 Å². The lowest BCUT2D eigenvalue weighted by Crippen LogP contribution is -2.26. The molecule has 0 spiro atoms. The Morgan fingerprint density at radius 3 is 2.57 bits per heavy atom. The molecule has 2 rings (SSSR count). The second-order valence-electron chi connectivity index (χ2n) is 6.23. The fourth-order valence-corrected chi connectivity index (χ4v) is 2.19. The standard InChI is InChI=1S/C17H24N4/c1-6-13-9-7-8-12(2)15(13)20-16-18-11-10-14(19-16)21-17(3,4)5/h7-11H,6H2,1-5H3,(H2,18,19,20,21). The average Bonchev–Trinajstić information content (AvgIpc) is 2.39. The Hall–Kier alpha value is -2.10. The number of anilines is 3. The van der Waals surface area contributed by atoms with Crippen LogP contribution in [0.1, 0.15) is 38.8 Å². The van der Waals surface area contributed by atoms with Crippen LogP contribution < -0.4 is 10.6 Å². The van der Waals surface area contributed by atoms with E-state index in [1.165, 1.54) is 11.1 Å². The summed E-state index contributed by atoms with van der Waals surface area (Å²) in [5, 5.41) is 6.72. The van der Waals surface area contributed by atoms with Gasteiger partial charge in [-0.2, -0.15) is 4.98 Å². The van der Waals surface area contributed by atoms with Gasteiger partial charge in [0.05, 0.1) is 0 Å². The zero-order valence-corrected chi connectivity index (χ0v) is 13.5. The molecule has 0 radical (unpaired) electrons. The summed E-state index contributed by atoms with van der Waals surface area (Å²) in [7, 11) is 0. The summed E-state index contributed by atoms with van der Waals surface area (Å²) >= 11 is 0. The maximum atomic E-state index is 4.54. The first-order valence-corrected chi connectivity index (χ1v) is 7.36. The molecule has 0 saturated carbocycles. The van der Waals surface area contributed by atoms with Crippen LogP contribution in [0.2, 0.25) is 0 Å². The summed E-state index contributed by atoms with van der Waals surface area (Å²) in [4.78, 5) is 8.86. The van der Waals surface area contributed by atoms with Gasteiger partial charge in [-0.3, -0.25) is 0 Å². The minimum Gasteiger partial charge on any atom is -0.365 e. The number of nitrogens with one attached hydrogen (secondary N) is 2. The first kappa shape index (κ1) is 15.3. The first-order valence-electron chi connectivity index (χ1n) is 7.36. The highest BCUT2D eigenvalue weighted by Gasteiger charge is 2.11. The Bertz CT molecular complexity index is 614. The summed E-state index contributed by atoms with van der Waals surface area (Å²) in [5.41, 5.74) is 3.55. The molecule has 0 unspecified atom stereocenters. The van der Waals surface area contributed by atoms with Gasteiger partial charge < -0.3 is 10.6 Å². The number of aromatic nitrogens is 2. The predicted octanol–water partition coefficient (Wildman–Crippen LogP) is 4.30. The van der Waals surface area contributed by atoms with Crippen molar-refractivity contribution in [2.24, 2.45) is 0 Å². The normalized spacial score (nSPS) is 11.3. The SMILES string of the molecule is CCc1cccc(C)c1Nc1nccc(NC(C)(C)C)n1. The van der Waals surface area contributed by atoms with Crippen molar-refractivity contribution in [3.8, 4) is 0 Å². The zero-order valence-electron chi connectivity index (χ0n) is 13.5. The van der Waals surface area contributed by atoms with Crippen LogP contribution in [0.5, 0.6) is 0 Å². The van der Waals surface area contributed by atoms with Crippen molar-refractivity contribution in [2.45, 2.75) is 46.6 Å². The second-order valence-corrected chi connectivity index (χ2v) is 6.23. The van der Waals surface area contributed by atoms with Gasteiger partial charge in [-0.25, -0.2) is 4.98 Å². The third kappa shape index (κ3) is 4.18. The van der Waals surface area contributed by atoms with Gasteiger partial charge in [-0.15, -0.1) is 0 Å². The van der Waals surface area contributed by atoms with Gasteiger partial charge in [0.25, 0.3) is 0 Å². The summed E-state index contributed by atoms with van der Waals surface area (Å²) < 4.78 is 0. The average molecular weight is 284 g/mol. The minimum absolute atomic E-state index is 0.0249. The van der Waals surface area contributed by atoms with Crippen molar-refractivity contribution in [1.29, 1.82) is 0 Å². The van der Waals surface area contributed by atoms with Crippen molar-refractivity contribution < 1.29 is 0 Å². The maximum Gasteiger partial charge on any atom is 0.229 e. The Kier molecular flexibility index (Phi) is 4.46. The smallest absolute Gasteiger partial charge is 0.229 e. The van der Waals surface area contributed by atoms with Crippen molar-refractivity contribution in [3.05, 3.63) is 41.6 Å². The van der Waals surface area contributed by atoms with E-state index in [0.717, 1.165) is 17.9 Å². The van der Waals surface area contributed by atoms with E-state index in [1.807, 2.05) is 6.07 Å². The summed E-state index contributed by atoms with van der Waals surface area (Å²) in [6.07, 6.45) is 2.75. The molecule has 0 bridgehead atoms. The molecule has 21 heavy (non-hydrogen) atoms. The lowest BCUT2D eigenvalue weighted by molar-refractivity contribution is 0.630. The van der Waals surface area contributed by atoms with Crippen LogP contribution in [0.3, 0.4) is 0 Å². The molecule has 0 saturated heterocycles. The van der Waals surface area contributed by atoms with E-state index < -0.39 is 0 Å². The van der Waals surface area contributed by atoms with Crippen LogP contribution in [0, 0.1) is 6.92 Å². The molecule has 1 heterocycles. The molecule has 2 aromatic rings. The summed E-state index contributed by atoms with van der Waals surface area (Å²) in [6.45, 7) is 10.6. The van der Waals surface area contributed by atoms with Crippen LogP contribution in [-0.4, -0.2) is 15.5 Å². The molecule has 0 aliphatic rings. The second kappa shape index (κ2) is 6.12. The molecule has 2 N–H and O–H groups in total. The molecule has 1 aromatic heterocycles. The molecule has 1 aromatic carbocycles. The van der Waals surface area contributed by atoms with E-state index in [1.54, 1.807) is 6.20 Å². The Morgan fingerprint density at radius 1 is 1.14 bits per heavy atom. The third-order valence-corrected chi connectivity index (χ3v) is 3.14. The third-order valence-electron chi connectivity index (χ3n) is 3.14. The van der Waals surface area contributed by atoms with Crippen molar-refractivity contribution in [2.75, 3.05) is 10.6 Å². The van der Waals surface area contributed by atoms with E-state index in [0.29, 0.717) is 5.95 Å². The minimum atomic E-state index is -0.0249. The molecular weight excluding hydrogens is 260 g/mol. The van der Waals surface area contributed by atoms with Crippen LogP contribution in [0.4, 0.5) is 17.5 Å². The number of hydrogen-bond donors (Lipinski definition) is 2. The summed E-state index contributed by atoms with van der Waals surface area (Å²) in [5.74, 6) is 1.44. The molecule has 0 amide bonds. The molecule has 4 nitrogen and oxygen atoms in total. The van der Waals surface area contributed by atoms with Crippen LogP contribution >= 0.6 is 0 Å². The van der Waals surface area contributed by atoms with Crippen molar-refractivity contribution in [1.82, 2.24) is 9.97 Å². The monoisotopic (exact) mass is 284 g/mol. The lowest BCUT2D eigenvalue weighted by atomic mass is 10.1. The molecular formula is C17H24N4. The fourth-order valence-electron chi connectivity index (χ4n) is 2.19. The van der Waals surface area contributed by atoms with E-state index >= 15 is 0 Å². The number of para-hydroxylation sites is 1. The van der Waals surface area contributed by atoms with E-state index in [-0.39, 0.29) is 5.54 Å². The largest absolute Gasteiger partial charge is 0.365 e. The molecule has 0 atom stereocenters. The van der Waals surface area contributed by atoms with E-state index in [4.69, 9.17) is 0 Å². The molecule has 0 aliphatic carbocycles. The first-order chi connectivity index (χ1) is 9.89. The van der Waals surface area contributed by atoms with Crippen LogP contribution in [-0.2, 0) is 6.42 Å². The number of rotatable bonds is 4. The van der Waals surface area contributed by atoms with Gasteiger partial charge in [0.1, 0.15) is 5.82 Å². The van der Waals surface area contributed by atoms with Crippen molar-refractivity contribution in [3.63, 3.8) is 0 Å². The van der Waals surface area contributed by atoms with E-state index in [9.17, 15) is 0 Å². The number of hydrogen-bond acceptors (Lipinski definition) is 4. The zero-order chi connectivity index (χ0) is 15.5. The lowest BCUT2D eigenvalue weighted by Gasteiger charge is -2.21. The fraction of sp³-hybridized carbons (Fsp3) is 0.412. The van der Waals surface area contributed by atoms with Crippen molar-refractivity contribution >= 4 is 17.5 Å². The van der Waals surface area contributed by atoms with Gasteiger partial charge in [0.15, 0.2) is 0 Å². The highest BCUT2D eigenvalue weighted by molar-refractivity contribution is 5.63.